The molecule has 0 bridgehead atoms. The Bertz CT molecular complexity index is 371. The topological polar surface area (TPSA) is 46.6 Å². The molecule has 1 saturated carbocycles. The Kier molecular flexibility index (Phi) is 2.76. The molecule has 4 nitrogen and oxygen atoms in total. The van der Waals surface area contributed by atoms with Gasteiger partial charge in [-0.2, -0.15) is 0 Å². The van der Waals surface area contributed by atoms with Crippen LogP contribution in [-0.2, 0) is 9.53 Å². The molecule has 1 spiro atoms. The second kappa shape index (κ2) is 3.86. The Balaban J connectivity index is 1.94. The highest BCUT2D eigenvalue weighted by molar-refractivity contribution is 5.87. The van der Waals surface area contributed by atoms with E-state index in [1.165, 1.54) is 0 Å². The van der Waals surface area contributed by atoms with E-state index in [1.807, 2.05) is 26.8 Å². The fourth-order valence-electron chi connectivity index (χ4n) is 2.25. The van der Waals surface area contributed by atoms with Crippen molar-refractivity contribution in [2.75, 3.05) is 6.54 Å². The monoisotopic (exact) mass is 237 g/mol. The molecule has 2 aliphatic rings. The molecule has 0 aromatic rings. The molecule has 0 aromatic heterocycles. The molecule has 0 atom stereocenters. The predicted octanol–water partition coefficient (Wildman–Crippen LogP) is 2.49. The molecule has 2 rings (SSSR count). The van der Waals surface area contributed by atoms with Crippen molar-refractivity contribution in [1.29, 1.82) is 0 Å². The van der Waals surface area contributed by atoms with Crippen LogP contribution in [0.15, 0.2) is 12.3 Å². The lowest BCUT2D eigenvalue weighted by molar-refractivity contribution is -0.130. The van der Waals surface area contributed by atoms with E-state index in [9.17, 15) is 9.59 Å². The summed E-state index contributed by atoms with van der Waals surface area (Å²) in [6, 6.07) is 0. The third-order valence-corrected chi connectivity index (χ3v) is 3.19. The van der Waals surface area contributed by atoms with Crippen molar-refractivity contribution in [1.82, 2.24) is 4.90 Å². The van der Waals surface area contributed by atoms with Gasteiger partial charge in [-0.25, -0.2) is 4.79 Å². The highest BCUT2D eigenvalue weighted by Crippen LogP contribution is 2.44. The summed E-state index contributed by atoms with van der Waals surface area (Å²) in [5.41, 5.74) is -0.428. The lowest BCUT2D eigenvalue weighted by Crippen LogP contribution is -2.44. The number of carbonyl (C=O) groups excluding carboxylic acids is 2. The fourth-order valence-corrected chi connectivity index (χ4v) is 2.25. The van der Waals surface area contributed by atoms with E-state index in [1.54, 1.807) is 11.1 Å². The van der Waals surface area contributed by atoms with Gasteiger partial charge in [0.1, 0.15) is 11.4 Å². The van der Waals surface area contributed by atoms with Crippen LogP contribution in [0.1, 0.15) is 40.0 Å². The zero-order valence-corrected chi connectivity index (χ0v) is 10.7. The van der Waals surface area contributed by atoms with Crippen molar-refractivity contribution in [2.24, 2.45) is 5.41 Å². The Hall–Kier alpha value is -1.32. The molecule has 0 unspecified atom stereocenters. The Morgan fingerprint density at radius 2 is 2.06 bits per heavy atom. The van der Waals surface area contributed by atoms with E-state index in [-0.39, 0.29) is 11.5 Å². The second-order valence-electron chi connectivity index (χ2n) is 5.99. The third-order valence-electron chi connectivity index (χ3n) is 3.19. The van der Waals surface area contributed by atoms with Gasteiger partial charge < -0.3 is 4.74 Å². The van der Waals surface area contributed by atoms with Gasteiger partial charge in [0.15, 0.2) is 0 Å². The van der Waals surface area contributed by atoms with Gasteiger partial charge in [-0.1, -0.05) is 6.08 Å². The first-order valence-corrected chi connectivity index (χ1v) is 6.00. The largest absolute Gasteiger partial charge is 0.443 e. The zero-order valence-electron chi connectivity index (χ0n) is 10.7. The van der Waals surface area contributed by atoms with E-state index in [2.05, 4.69) is 0 Å². The minimum atomic E-state index is -0.466. The molecule has 1 amide bonds. The molecule has 17 heavy (non-hydrogen) atoms. The Morgan fingerprint density at radius 1 is 1.41 bits per heavy atom. The average molecular weight is 237 g/mol. The highest BCUT2D eigenvalue weighted by atomic mass is 16.6. The number of hydrogen-bond acceptors (Lipinski definition) is 3. The number of rotatable bonds is 0. The van der Waals surface area contributed by atoms with Crippen molar-refractivity contribution in [2.45, 2.75) is 45.6 Å². The maximum atomic E-state index is 11.8. The van der Waals surface area contributed by atoms with Gasteiger partial charge in [-0.15, -0.1) is 0 Å². The summed E-state index contributed by atoms with van der Waals surface area (Å²) in [4.78, 5) is 24.4. The summed E-state index contributed by atoms with van der Waals surface area (Å²) in [5.74, 6) is 0.320. The second-order valence-corrected chi connectivity index (χ2v) is 5.99. The molecular weight excluding hydrogens is 218 g/mol. The van der Waals surface area contributed by atoms with Crippen LogP contribution in [-0.4, -0.2) is 28.9 Å². The smallest absolute Gasteiger partial charge is 0.414 e. The molecule has 1 heterocycles. The highest BCUT2D eigenvalue weighted by Gasteiger charge is 2.43. The van der Waals surface area contributed by atoms with E-state index in [4.69, 9.17) is 4.74 Å². The number of allylic oxidation sites excluding steroid dienone is 1. The number of ketones is 1. The number of Topliss-reactive ketones (excluding diaryl/α,β-unsaturated/α-hetero) is 1. The zero-order chi connectivity index (χ0) is 12.7. The van der Waals surface area contributed by atoms with Gasteiger partial charge in [-0.3, -0.25) is 9.69 Å². The molecule has 1 aliphatic carbocycles. The number of ether oxygens (including phenoxy) is 1. The lowest BCUT2D eigenvalue weighted by Gasteiger charge is -2.42. The first-order chi connectivity index (χ1) is 7.80. The van der Waals surface area contributed by atoms with Crippen molar-refractivity contribution < 1.29 is 14.3 Å². The molecule has 0 N–H and O–H groups in total. The maximum Gasteiger partial charge on any atom is 0.414 e. The average Bonchev–Trinajstić information content (AvgIpc) is 2.14. The van der Waals surface area contributed by atoms with Gasteiger partial charge in [0.25, 0.3) is 0 Å². The first-order valence-electron chi connectivity index (χ1n) is 6.00. The summed E-state index contributed by atoms with van der Waals surface area (Å²) < 4.78 is 5.29. The summed E-state index contributed by atoms with van der Waals surface area (Å²) in [7, 11) is 0. The van der Waals surface area contributed by atoms with Crippen LogP contribution in [0.25, 0.3) is 0 Å². The fraction of sp³-hybridized carbons (Fsp3) is 0.692. The summed E-state index contributed by atoms with van der Waals surface area (Å²) in [6.45, 7) is 6.19. The minimum Gasteiger partial charge on any atom is -0.443 e. The van der Waals surface area contributed by atoms with Crippen LogP contribution in [0.2, 0.25) is 0 Å². The van der Waals surface area contributed by atoms with Gasteiger partial charge in [0.05, 0.1) is 0 Å². The molecular formula is C13H19NO3. The van der Waals surface area contributed by atoms with Crippen molar-refractivity contribution in [3.8, 4) is 0 Å². The third kappa shape index (κ3) is 2.68. The van der Waals surface area contributed by atoms with Crippen LogP contribution in [0.5, 0.6) is 0 Å². The molecule has 1 aliphatic heterocycles. The number of hydrogen-bond donors (Lipinski definition) is 0. The quantitative estimate of drug-likeness (QED) is 0.650. The Labute approximate surface area is 102 Å². The summed E-state index contributed by atoms with van der Waals surface area (Å²) in [6.07, 6.45) is 5.56. The maximum absolute atomic E-state index is 11.8. The van der Waals surface area contributed by atoms with E-state index in [0.717, 1.165) is 6.42 Å². The minimum absolute atomic E-state index is 0.0373. The molecule has 4 heteroatoms. The van der Waals surface area contributed by atoms with E-state index < -0.39 is 5.60 Å². The molecule has 0 radical (unpaired) electrons. The summed E-state index contributed by atoms with van der Waals surface area (Å²) >= 11 is 0. The molecule has 94 valence electrons. The van der Waals surface area contributed by atoms with Crippen LogP contribution in [0.3, 0.4) is 0 Å². The number of carbonyl (C=O) groups is 2. The summed E-state index contributed by atoms with van der Waals surface area (Å²) in [5, 5.41) is 0. The predicted molar refractivity (Wildman–Crippen MR) is 63.4 cm³/mol. The van der Waals surface area contributed by atoms with Crippen molar-refractivity contribution in [3.63, 3.8) is 0 Å². The number of nitrogens with zero attached hydrogens (tertiary/aromatic N) is 1. The van der Waals surface area contributed by atoms with Crippen LogP contribution < -0.4 is 0 Å². The standard InChI is InChI=1S/C13H19NO3/c1-12(2,3)17-11(16)14-6-4-13(5-7-14)8-10(15)9-13/h4,6H,5,7-9H2,1-3H3. The van der Waals surface area contributed by atoms with E-state index in [0.29, 0.717) is 25.2 Å². The first kappa shape index (κ1) is 12.1. The van der Waals surface area contributed by atoms with Crippen molar-refractivity contribution >= 4 is 11.9 Å². The lowest BCUT2D eigenvalue weighted by atomic mass is 9.65. The van der Waals surface area contributed by atoms with Gasteiger partial charge in [-0.05, 0) is 27.2 Å². The molecule has 0 aromatic carbocycles. The van der Waals surface area contributed by atoms with Gasteiger partial charge in [0.2, 0.25) is 0 Å². The van der Waals surface area contributed by atoms with Crippen LogP contribution >= 0.6 is 0 Å². The van der Waals surface area contributed by atoms with Gasteiger partial charge >= 0.3 is 6.09 Å². The molecule has 1 fully saturated rings. The van der Waals surface area contributed by atoms with Crippen LogP contribution in [0.4, 0.5) is 4.79 Å². The van der Waals surface area contributed by atoms with Gasteiger partial charge in [0, 0.05) is 31.0 Å². The SMILES string of the molecule is CC(C)(C)OC(=O)N1C=CC2(CC1)CC(=O)C2. The number of amides is 1. The normalized spacial score (nSPS) is 22.5. The van der Waals surface area contributed by atoms with E-state index >= 15 is 0 Å². The Morgan fingerprint density at radius 3 is 2.47 bits per heavy atom. The van der Waals surface area contributed by atoms with Crippen molar-refractivity contribution in [3.05, 3.63) is 12.3 Å². The molecule has 0 saturated heterocycles. The van der Waals surface area contributed by atoms with Crippen LogP contribution in [0, 0.1) is 5.41 Å².